The largest absolute Gasteiger partial charge is 0.497 e. The second kappa shape index (κ2) is 9.26. The van der Waals surface area contributed by atoms with Gasteiger partial charge in [-0.3, -0.25) is 9.59 Å². The van der Waals surface area contributed by atoms with Crippen molar-refractivity contribution in [3.05, 3.63) is 89.5 Å². The monoisotopic (exact) mass is 435 g/mol. The van der Waals surface area contributed by atoms with E-state index >= 15 is 0 Å². The highest BCUT2D eigenvalue weighted by Crippen LogP contribution is 2.34. The van der Waals surface area contributed by atoms with Crippen LogP contribution in [-0.4, -0.2) is 52.9 Å². The predicted octanol–water partition coefficient (Wildman–Crippen LogP) is 3.73. The average molecular weight is 435 g/mol. The lowest BCUT2D eigenvalue weighted by molar-refractivity contribution is -0.134. The summed E-state index contributed by atoms with van der Waals surface area (Å²) >= 11 is 0. The van der Waals surface area contributed by atoms with E-state index in [1.165, 1.54) is 11.0 Å². The summed E-state index contributed by atoms with van der Waals surface area (Å²) in [5.74, 6) is -0.245. The van der Waals surface area contributed by atoms with Gasteiger partial charge in [-0.05, 0) is 43.3 Å². The normalized spacial score (nSPS) is 15.2. The van der Waals surface area contributed by atoms with E-state index in [2.05, 4.69) is 0 Å². The van der Waals surface area contributed by atoms with Crippen LogP contribution in [0.1, 0.15) is 34.6 Å². The molecule has 1 atom stereocenters. The van der Waals surface area contributed by atoms with Crippen molar-refractivity contribution in [2.75, 3.05) is 26.7 Å². The Morgan fingerprint density at radius 3 is 2.66 bits per heavy atom. The zero-order valence-corrected chi connectivity index (χ0v) is 18.2. The number of aromatic nitrogens is 1. The van der Waals surface area contributed by atoms with Crippen molar-refractivity contribution < 1.29 is 18.7 Å². The molecule has 3 aromatic rings. The topological polar surface area (TPSA) is 54.8 Å². The minimum Gasteiger partial charge on any atom is -0.497 e. The van der Waals surface area contributed by atoms with E-state index in [9.17, 15) is 14.0 Å². The molecule has 1 aliphatic heterocycles. The Morgan fingerprint density at radius 2 is 1.91 bits per heavy atom. The fourth-order valence-electron chi connectivity index (χ4n) is 4.20. The third-order valence-corrected chi connectivity index (χ3v) is 5.87. The Morgan fingerprint density at radius 1 is 1.09 bits per heavy atom. The van der Waals surface area contributed by atoms with E-state index in [4.69, 9.17) is 4.74 Å². The molecular formula is C25H26FN3O3. The highest BCUT2D eigenvalue weighted by Gasteiger charge is 2.34. The summed E-state index contributed by atoms with van der Waals surface area (Å²) in [7, 11) is 1.54. The molecule has 7 heteroatoms. The Kier molecular flexibility index (Phi) is 6.25. The van der Waals surface area contributed by atoms with E-state index in [0.717, 1.165) is 5.69 Å². The smallest absolute Gasteiger partial charge is 0.254 e. The number of amides is 2. The van der Waals surface area contributed by atoms with Crippen molar-refractivity contribution >= 4 is 11.8 Å². The van der Waals surface area contributed by atoms with Crippen molar-refractivity contribution in [1.82, 2.24) is 14.4 Å². The molecule has 6 nitrogen and oxygen atoms in total. The first kappa shape index (κ1) is 21.6. The summed E-state index contributed by atoms with van der Waals surface area (Å²) in [6, 6.07) is 16.7. The van der Waals surface area contributed by atoms with Crippen molar-refractivity contribution in [3.8, 4) is 5.75 Å². The molecule has 0 saturated heterocycles. The van der Waals surface area contributed by atoms with Crippen LogP contribution in [0.25, 0.3) is 0 Å². The molecule has 32 heavy (non-hydrogen) atoms. The molecule has 166 valence electrons. The molecule has 2 aromatic carbocycles. The summed E-state index contributed by atoms with van der Waals surface area (Å²) in [5.41, 5.74) is 1.76. The number of carbonyl (C=O) groups is 2. The average Bonchev–Trinajstić information content (AvgIpc) is 3.31. The van der Waals surface area contributed by atoms with Gasteiger partial charge in [0.2, 0.25) is 5.91 Å². The molecule has 0 fully saturated rings. The molecule has 1 aromatic heterocycles. The molecule has 0 bridgehead atoms. The summed E-state index contributed by atoms with van der Waals surface area (Å²) in [6.45, 7) is 3.18. The molecule has 2 amide bonds. The summed E-state index contributed by atoms with van der Waals surface area (Å²) in [6.07, 6.45) is 1.94. The number of hydrogen-bond acceptors (Lipinski definition) is 3. The molecule has 0 radical (unpaired) electrons. The fraction of sp³-hybridized carbons (Fsp3) is 0.280. The molecule has 1 aliphatic rings. The van der Waals surface area contributed by atoms with E-state index in [0.29, 0.717) is 36.5 Å². The fourth-order valence-corrected chi connectivity index (χ4v) is 4.20. The highest BCUT2D eigenvalue weighted by atomic mass is 19.1. The second-order valence-corrected chi connectivity index (χ2v) is 7.69. The lowest BCUT2D eigenvalue weighted by atomic mass is 9.99. The van der Waals surface area contributed by atoms with Crippen LogP contribution in [-0.2, 0) is 11.3 Å². The predicted molar refractivity (Wildman–Crippen MR) is 119 cm³/mol. The summed E-state index contributed by atoms with van der Waals surface area (Å²) in [5, 5.41) is 0. The maximum absolute atomic E-state index is 14.7. The number of rotatable bonds is 6. The zero-order chi connectivity index (χ0) is 22.7. The van der Waals surface area contributed by atoms with Gasteiger partial charge in [-0.25, -0.2) is 4.39 Å². The summed E-state index contributed by atoms with van der Waals surface area (Å²) in [4.78, 5) is 29.7. The Bertz CT molecular complexity index is 1130. The maximum Gasteiger partial charge on any atom is 0.254 e. The number of benzene rings is 2. The minimum atomic E-state index is -0.543. The second-order valence-electron chi connectivity index (χ2n) is 7.69. The minimum absolute atomic E-state index is 0.0851. The van der Waals surface area contributed by atoms with Crippen LogP contribution in [0.4, 0.5) is 4.39 Å². The molecule has 0 spiro atoms. The third-order valence-electron chi connectivity index (χ3n) is 5.87. The van der Waals surface area contributed by atoms with Crippen LogP contribution in [0.2, 0.25) is 0 Å². The van der Waals surface area contributed by atoms with Gasteiger partial charge in [-0.2, -0.15) is 0 Å². The molecular weight excluding hydrogens is 409 g/mol. The van der Waals surface area contributed by atoms with Gasteiger partial charge in [-0.15, -0.1) is 0 Å². The number of nitrogens with zero attached hydrogens (tertiary/aromatic N) is 3. The first-order valence-electron chi connectivity index (χ1n) is 10.7. The molecule has 0 aliphatic carbocycles. The number of carbonyl (C=O) groups excluding carboxylic acids is 2. The number of ether oxygens (including phenoxy) is 1. The van der Waals surface area contributed by atoms with Crippen molar-refractivity contribution in [2.24, 2.45) is 0 Å². The van der Waals surface area contributed by atoms with Gasteiger partial charge in [0.05, 0.1) is 7.11 Å². The Hall–Kier alpha value is -3.61. The highest BCUT2D eigenvalue weighted by molar-refractivity contribution is 5.97. The maximum atomic E-state index is 14.7. The Balaban J connectivity index is 1.60. The van der Waals surface area contributed by atoms with Gasteiger partial charge in [-0.1, -0.05) is 24.3 Å². The van der Waals surface area contributed by atoms with E-state index < -0.39 is 6.04 Å². The van der Waals surface area contributed by atoms with E-state index in [1.54, 1.807) is 54.5 Å². The summed E-state index contributed by atoms with van der Waals surface area (Å²) < 4.78 is 22.0. The molecule has 0 saturated carbocycles. The van der Waals surface area contributed by atoms with Gasteiger partial charge in [0.25, 0.3) is 5.91 Å². The number of fused-ring (bicyclic) bond motifs is 1. The van der Waals surface area contributed by atoms with Gasteiger partial charge >= 0.3 is 0 Å². The van der Waals surface area contributed by atoms with Crippen LogP contribution in [0.15, 0.2) is 66.9 Å². The third kappa shape index (κ3) is 4.10. The molecule has 0 N–H and O–H groups in total. The number of hydrogen-bond donors (Lipinski definition) is 0. The number of likely N-dealkylation sites (N-methyl/N-ethyl adjacent to an activating group) is 1. The Labute approximate surface area is 186 Å². The first-order chi connectivity index (χ1) is 15.5. The van der Waals surface area contributed by atoms with Crippen LogP contribution >= 0.6 is 0 Å². The van der Waals surface area contributed by atoms with Crippen LogP contribution in [0, 0.1) is 5.82 Å². The van der Waals surface area contributed by atoms with Crippen LogP contribution in [0.5, 0.6) is 5.75 Å². The van der Waals surface area contributed by atoms with Gasteiger partial charge in [0.1, 0.15) is 24.2 Å². The SMILES string of the molecule is CCN(CC(=O)N1CCn2cccc2C1c1ccccc1F)C(=O)c1cccc(OC)c1. The number of halogens is 1. The lowest BCUT2D eigenvalue weighted by Crippen LogP contribution is -2.48. The van der Waals surface area contributed by atoms with E-state index in [1.807, 2.05) is 29.8 Å². The molecule has 2 heterocycles. The standard InChI is InChI=1S/C25H26FN3O3/c1-3-27(25(31)18-8-6-9-19(16-18)32-2)17-23(30)29-15-14-28-13-7-12-22(28)24(29)20-10-4-5-11-21(20)26/h4-13,16,24H,3,14-15,17H2,1-2H3. The molecule has 1 unspecified atom stereocenters. The quantitative estimate of drug-likeness (QED) is 0.593. The van der Waals surface area contributed by atoms with Crippen molar-refractivity contribution in [1.29, 1.82) is 0 Å². The van der Waals surface area contributed by atoms with Crippen LogP contribution in [0.3, 0.4) is 0 Å². The van der Waals surface area contributed by atoms with Gasteiger partial charge < -0.3 is 19.1 Å². The van der Waals surface area contributed by atoms with Gasteiger partial charge in [0.15, 0.2) is 0 Å². The zero-order valence-electron chi connectivity index (χ0n) is 18.2. The van der Waals surface area contributed by atoms with Gasteiger partial charge in [0, 0.05) is 42.7 Å². The molecule has 4 rings (SSSR count). The van der Waals surface area contributed by atoms with Crippen LogP contribution < -0.4 is 4.74 Å². The lowest BCUT2D eigenvalue weighted by Gasteiger charge is -2.38. The number of methoxy groups -OCH3 is 1. The van der Waals surface area contributed by atoms with Crippen molar-refractivity contribution in [2.45, 2.75) is 19.5 Å². The van der Waals surface area contributed by atoms with Crippen molar-refractivity contribution in [3.63, 3.8) is 0 Å². The van der Waals surface area contributed by atoms with E-state index in [-0.39, 0.29) is 24.2 Å². The first-order valence-corrected chi connectivity index (χ1v) is 10.7.